The average molecular weight is 133 g/mol. The first-order valence-electron chi connectivity index (χ1n) is 3.36. The van der Waals surface area contributed by atoms with E-state index in [1.54, 1.807) is 0 Å². The van der Waals surface area contributed by atoms with E-state index in [1.807, 2.05) is 0 Å². The Morgan fingerprint density at radius 2 is 1.30 bits per heavy atom. The lowest BCUT2D eigenvalue weighted by Gasteiger charge is -2.41. The van der Waals surface area contributed by atoms with Gasteiger partial charge in [0.25, 0.3) is 0 Å². The van der Waals surface area contributed by atoms with Gasteiger partial charge in [-0.25, -0.2) is 0 Å². The normalized spacial score (nSPS) is 30.0. The van der Waals surface area contributed by atoms with Gasteiger partial charge in [-0.1, -0.05) is 0 Å². The van der Waals surface area contributed by atoms with Crippen LogP contribution in [0, 0.1) is 27.7 Å². The molecule has 0 aromatic carbocycles. The Hall–Kier alpha value is -0.0400. The molecule has 1 N–H and O–H groups in total. The topological polar surface area (TPSA) is 12.0 Å². The van der Waals surface area contributed by atoms with Crippen LogP contribution in [0.3, 0.4) is 0 Å². The first kappa shape index (κ1) is 8.06. The summed E-state index contributed by atoms with van der Waals surface area (Å²) in [5.41, 5.74) is -1.77. The van der Waals surface area contributed by atoms with Crippen molar-refractivity contribution in [2.24, 2.45) is 0 Å². The summed E-state index contributed by atoms with van der Waals surface area (Å²) in [5, 5.41) is 2.74. The van der Waals surface area contributed by atoms with E-state index in [0.29, 0.717) is 12.8 Å². The lowest BCUT2D eigenvalue weighted by molar-refractivity contribution is 0.268. The van der Waals surface area contributed by atoms with Gasteiger partial charge in [-0.2, -0.15) is 0 Å². The first-order chi connectivity index (χ1) is 4.41. The van der Waals surface area contributed by atoms with Crippen molar-refractivity contribution in [3.8, 4) is 0 Å². The molecule has 0 unspecified atom stereocenters. The second-order valence-electron chi connectivity index (χ2n) is 3.06. The Labute approximate surface area is 64.2 Å². The summed E-state index contributed by atoms with van der Waals surface area (Å²) in [7, 11) is 0. The molecule has 1 fully saturated rings. The summed E-state index contributed by atoms with van der Waals surface area (Å²) in [5.74, 6) is 0. The molecule has 1 saturated heterocycles. The van der Waals surface area contributed by atoms with Crippen LogP contribution in [0.1, 0.15) is 19.3 Å². The SMILES string of the molecule is [CH]C1([CH])CCCC([CH])([CH])N1. The van der Waals surface area contributed by atoms with E-state index in [-0.39, 0.29) is 0 Å². The molecular formula is C9H11N. The molecule has 0 aliphatic carbocycles. The van der Waals surface area contributed by atoms with Crippen LogP contribution in [-0.2, 0) is 0 Å². The molecular weight excluding hydrogens is 122 g/mol. The zero-order chi connectivity index (χ0) is 7.83. The van der Waals surface area contributed by atoms with Crippen LogP contribution in [0.15, 0.2) is 0 Å². The minimum atomic E-state index is -0.887. The Bertz CT molecular complexity index is 111. The Morgan fingerprint density at radius 3 is 1.50 bits per heavy atom. The first-order valence-corrected chi connectivity index (χ1v) is 3.36. The van der Waals surface area contributed by atoms with Gasteiger partial charge in [0.1, 0.15) is 0 Å². The van der Waals surface area contributed by atoms with E-state index in [0.717, 1.165) is 6.42 Å². The van der Waals surface area contributed by atoms with Crippen molar-refractivity contribution in [3.63, 3.8) is 0 Å². The maximum Gasteiger partial charge on any atom is 0.0257 e. The van der Waals surface area contributed by atoms with E-state index in [1.165, 1.54) is 0 Å². The molecule has 1 rings (SSSR count). The molecule has 0 spiro atoms. The van der Waals surface area contributed by atoms with E-state index < -0.39 is 11.1 Å². The third-order valence-corrected chi connectivity index (χ3v) is 1.65. The van der Waals surface area contributed by atoms with Gasteiger partial charge < -0.3 is 5.32 Å². The molecule has 1 aliphatic heterocycles. The molecule has 0 bridgehead atoms. The second-order valence-corrected chi connectivity index (χ2v) is 3.06. The number of rotatable bonds is 0. The minimum Gasteiger partial charge on any atom is -0.305 e. The molecule has 10 heavy (non-hydrogen) atoms. The van der Waals surface area contributed by atoms with Crippen molar-refractivity contribution >= 4 is 0 Å². The van der Waals surface area contributed by atoms with Gasteiger partial charge >= 0.3 is 0 Å². The second kappa shape index (κ2) is 2.23. The van der Waals surface area contributed by atoms with Gasteiger partial charge in [0, 0.05) is 11.1 Å². The highest BCUT2D eigenvalue weighted by Gasteiger charge is 2.32. The molecule has 0 aromatic rings. The fourth-order valence-electron chi connectivity index (χ4n) is 1.23. The van der Waals surface area contributed by atoms with Crippen LogP contribution in [0.5, 0.6) is 0 Å². The predicted molar refractivity (Wildman–Crippen MR) is 39.6 cm³/mol. The van der Waals surface area contributed by atoms with Crippen molar-refractivity contribution in [2.75, 3.05) is 0 Å². The molecule has 0 aromatic heterocycles. The fourth-order valence-corrected chi connectivity index (χ4v) is 1.23. The smallest absolute Gasteiger partial charge is 0.0257 e. The zero-order valence-electron chi connectivity index (χ0n) is 5.93. The van der Waals surface area contributed by atoms with Crippen LogP contribution in [0.25, 0.3) is 0 Å². The minimum absolute atomic E-state index is 0.711. The molecule has 8 radical (unpaired) electrons. The van der Waals surface area contributed by atoms with Crippen molar-refractivity contribution in [2.45, 2.75) is 30.3 Å². The fraction of sp³-hybridized carbons (Fsp3) is 0.556. The van der Waals surface area contributed by atoms with Crippen LogP contribution >= 0.6 is 0 Å². The molecule has 0 atom stereocenters. The summed E-state index contributed by atoms with van der Waals surface area (Å²) in [6, 6.07) is 0. The summed E-state index contributed by atoms with van der Waals surface area (Å²) in [6.45, 7) is 22.2. The van der Waals surface area contributed by atoms with Crippen LogP contribution in [0.4, 0.5) is 0 Å². The average Bonchev–Trinajstić information content (AvgIpc) is 1.56. The van der Waals surface area contributed by atoms with Gasteiger partial charge in [-0.3, -0.25) is 0 Å². The molecule has 1 aliphatic rings. The largest absolute Gasteiger partial charge is 0.305 e. The Morgan fingerprint density at radius 1 is 0.900 bits per heavy atom. The van der Waals surface area contributed by atoms with Gasteiger partial charge in [-0.05, 0) is 47.0 Å². The number of hydrogen-bond donors (Lipinski definition) is 1. The molecule has 0 saturated carbocycles. The molecule has 52 valence electrons. The summed E-state index contributed by atoms with van der Waals surface area (Å²) in [4.78, 5) is 0. The molecule has 1 heterocycles. The van der Waals surface area contributed by atoms with Crippen molar-refractivity contribution in [3.05, 3.63) is 27.7 Å². The predicted octanol–water partition coefficient (Wildman–Crippen LogP) is 1.08. The monoisotopic (exact) mass is 133 g/mol. The Kier molecular flexibility index (Phi) is 1.80. The number of hydrogen-bond acceptors (Lipinski definition) is 1. The summed E-state index contributed by atoms with van der Waals surface area (Å²) in [6.07, 6.45) is 2.29. The van der Waals surface area contributed by atoms with E-state index >= 15 is 0 Å². The number of piperidine rings is 1. The van der Waals surface area contributed by atoms with Gasteiger partial charge in [0.05, 0.1) is 0 Å². The highest BCUT2D eigenvalue weighted by Crippen LogP contribution is 2.26. The van der Waals surface area contributed by atoms with Crippen molar-refractivity contribution in [1.82, 2.24) is 5.32 Å². The molecule has 1 nitrogen and oxygen atoms in total. The quantitative estimate of drug-likeness (QED) is 0.521. The van der Waals surface area contributed by atoms with Crippen molar-refractivity contribution in [1.29, 1.82) is 0 Å². The van der Waals surface area contributed by atoms with E-state index in [2.05, 4.69) is 5.32 Å². The van der Waals surface area contributed by atoms with Crippen LogP contribution < -0.4 is 5.32 Å². The molecule has 0 amide bonds. The zero-order valence-corrected chi connectivity index (χ0v) is 5.93. The van der Waals surface area contributed by atoms with E-state index in [4.69, 9.17) is 27.7 Å². The van der Waals surface area contributed by atoms with E-state index in [9.17, 15) is 0 Å². The number of nitrogens with one attached hydrogen (secondary N) is 1. The lowest BCUT2D eigenvalue weighted by atomic mass is 9.83. The highest BCUT2D eigenvalue weighted by atomic mass is 15.0. The van der Waals surface area contributed by atoms with Gasteiger partial charge in [0.15, 0.2) is 0 Å². The third kappa shape index (κ3) is 1.98. The highest BCUT2D eigenvalue weighted by molar-refractivity contribution is 5.08. The maximum atomic E-state index is 5.56. The standard InChI is InChI=1S/C9H11N/c1-8(2)6-5-7-9(3,4)10-8/h1-4,10H,5-7H2. The van der Waals surface area contributed by atoms with Gasteiger partial charge in [-0.15, -0.1) is 0 Å². The summed E-state index contributed by atoms with van der Waals surface area (Å²) < 4.78 is 0. The van der Waals surface area contributed by atoms with Crippen molar-refractivity contribution < 1.29 is 0 Å². The maximum absolute atomic E-state index is 5.56. The van der Waals surface area contributed by atoms with Gasteiger partial charge in [0.2, 0.25) is 0 Å². The lowest BCUT2D eigenvalue weighted by Crippen LogP contribution is -2.55. The van der Waals surface area contributed by atoms with Crippen LogP contribution in [0.2, 0.25) is 0 Å². The third-order valence-electron chi connectivity index (χ3n) is 1.65. The van der Waals surface area contributed by atoms with Crippen LogP contribution in [-0.4, -0.2) is 11.1 Å². The summed E-state index contributed by atoms with van der Waals surface area (Å²) >= 11 is 0. The molecule has 1 heteroatoms. The Balaban J connectivity index is 2.56.